The number of hydrogen-bond acceptors (Lipinski definition) is 5. The van der Waals surface area contributed by atoms with E-state index in [9.17, 15) is 13.5 Å². The van der Waals surface area contributed by atoms with Gasteiger partial charge in [0.1, 0.15) is 5.75 Å². The van der Waals surface area contributed by atoms with Crippen molar-refractivity contribution in [2.75, 3.05) is 26.9 Å². The van der Waals surface area contributed by atoms with Crippen molar-refractivity contribution in [2.45, 2.75) is 31.3 Å². The fourth-order valence-electron chi connectivity index (χ4n) is 1.76. The summed E-state index contributed by atoms with van der Waals surface area (Å²) in [5.41, 5.74) is 0.437. The molecule has 0 radical (unpaired) electrons. The van der Waals surface area contributed by atoms with Crippen molar-refractivity contribution in [3.8, 4) is 5.75 Å². The Hall–Kier alpha value is -1.15. The lowest BCUT2D eigenvalue weighted by Crippen LogP contribution is -2.25. The van der Waals surface area contributed by atoms with Gasteiger partial charge in [-0.2, -0.15) is 0 Å². The Balaban J connectivity index is 2.62. The number of rotatable bonds is 10. The van der Waals surface area contributed by atoms with Gasteiger partial charge in [0.25, 0.3) is 0 Å². The number of benzene rings is 1. The number of methoxy groups -OCH3 is 1. The van der Waals surface area contributed by atoms with E-state index in [0.29, 0.717) is 37.5 Å². The van der Waals surface area contributed by atoms with Gasteiger partial charge in [0.15, 0.2) is 0 Å². The standard InChI is InChI=1S/C14H23NO5S/c1-3-8-20-9-4-7-15-21(17,18)13-5-6-14(19-2)12(10-13)11-16/h5-6,10,15-16H,3-4,7-9,11H2,1-2H3. The zero-order valence-electron chi connectivity index (χ0n) is 12.5. The Morgan fingerprint density at radius 2 is 2.05 bits per heavy atom. The molecule has 120 valence electrons. The van der Waals surface area contributed by atoms with E-state index >= 15 is 0 Å². The second-order valence-corrected chi connectivity index (χ2v) is 6.26. The molecule has 2 N–H and O–H groups in total. The van der Waals surface area contributed by atoms with Crippen molar-refractivity contribution >= 4 is 10.0 Å². The Bertz CT molecular complexity index is 530. The van der Waals surface area contributed by atoms with Crippen LogP contribution in [0.3, 0.4) is 0 Å². The molecule has 0 unspecified atom stereocenters. The van der Waals surface area contributed by atoms with Crippen LogP contribution in [0.2, 0.25) is 0 Å². The molecule has 0 aliphatic heterocycles. The van der Waals surface area contributed by atoms with Crippen LogP contribution in [0.4, 0.5) is 0 Å². The summed E-state index contributed by atoms with van der Waals surface area (Å²) in [5.74, 6) is 0.462. The van der Waals surface area contributed by atoms with E-state index in [1.807, 2.05) is 6.92 Å². The number of sulfonamides is 1. The van der Waals surface area contributed by atoms with Gasteiger partial charge in [-0.05, 0) is 31.0 Å². The monoisotopic (exact) mass is 317 g/mol. The lowest BCUT2D eigenvalue weighted by atomic mass is 10.2. The predicted molar refractivity (Wildman–Crippen MR) is 79.8 cm³/mol. The first-order valence-corrected chi connectivity index (χ1v) is 8.38. The summed E-state index contributed by atoms with van der Waals surface area (Å²) < 4.78 is 37.1. The smallest absolute Gasteiger partial charge is 0.240 e. The lowest BCUT2D eigenvalue weighted by Gasteiger charge is -2.10. The number of hydrogen-bond donors (Lipinski definition) is 2. The van der Waals surface area contributed by atoms with Crippen molar-refractivity contribution in [1.29, 1.82) is 0 Å². The molecule has 0 aliphatic rings. The fourth-order valence-corrected chi connectivity index (χ4v) is 2.88. The summed E-state index contributed by atoms with van der Waals surface area (Å²) in [4.78, 5) is 0.113. The van der Waals surface area contributed by atoms with Gasteiger partial charge in [-0.25, -0.2) is 13.1 Å². The normalized spacial score (nSPS) is 11.6. The molecule has 0 aromatic heterocycles. The van der Waals surface area contributed by atoms with Crippen molar-refractivity contribution in [1.82, 2.24) is 4.72 Å². The van der Waals surface area contributed by atoms with Gasteiger partial charge in [-0.1, -0.05) is 6.92 Å². The van der Waals surface area contributed by atoms with Crippen LogP contribution in [0.1, 0.15) is 25.3 Å². The zero-order chi connectivity index (χ0) is 15.7. The largest absolute Gasteiger partial charge is 0.496 e. The first-order chi connectivity index (χ1) is 10.0. The third-order valence-corrected chi connectivity index (χ3v) is 4.30. The van der Waals surface area contributed by atoms with Gasteiger partial charge >= 0.3 is 0 Å². The molecule has 0 bridgehead atoms. The van der Waals surface area contributed by atoms with E-state index in [0.717, 1.165) is 6.42 Å². The van der Waals surface area contributed by atoms with Crippen LogP contribution in [-0.2, 0) is 21.4 Å². The second kappa shape index (κ2) is 8.99. The quantitative estimate of drug-likeness (QED) is 0.635. The molecular weight excluding hydrogens is 294 g/mol. The SMILES string of the molecule is CCCOCCCNS(=O)(=O)c1ccc(OC)c(CO)c1. The van der Waals surface area contributed by atoms with E-state index < -0.39 is 10.0 Å². The highest BCUT2D eigenvalue weighted by molar-refractivity contribution is 7.89. The molecule has 0 saturated carbocycles. The summed E-state index contributed by atoms with van der Waals surface area (Å²) in [6, 6.07) is 4.40. The predicted octanol–water partition coefficient (Wildman–Crippen LogP) is 1.28. The van der Waals surface area contributed by atoms with Gasteiger partial charge in [0.2, 0.25) is 10.0 Å². The zero-order valence-corrected chi connectivity index (χ0v) is 13.3. The first-order valence-electron chi connectivity index (χ1n) is 6.90. The van der Waals surface area contributed by atoms with Gasteiger partial charge in [-0.15, -0.1) is 0 Å². The summed E-state index contributed by atoms with van der Waals surface area (Å²) in [6.45, 7) is 3.26. The minimum atomic E-state index is -3.58. The third kappa shape index (κ3) is 5.62. The summed E-state index contributed by atoms with van der Waals surface area (Å²) >= 11 is 0. The third-order valence-electron chi connectivity index (χ3n) is 2.84. The Morgan fingerprint density at radius 3 is 2.67 bits per heavy atom. The molecule has 0 atom stereocenters. The van der Waals surface area contributed by atoms with Gasteiger partial charge < -0.3 is 14.6 Å². The van der Waals surface area contributed by atoms with E-state index in [1.54, 1.807) is 0 Å². The average molecular weight is 317 g/mol. The highest BCUT2D eigenvalue weighted by Gasteiger charge is 2.15. The van der Waals surface area contributed by atoms with E-state index in [-0.39, 0.29) is 11.5 Å². The topological polar surface area (TPSA) is 84.9 Å². The second-order valence-electron chi connectivity index (χ2n) is 4.50. The highest BCUT2D eigenvalue weighted by atomic mass is 32.2. The molecule has 0 amide bonds. The van der Waals surface area contributed by atoms with Crippen LogP contribution in [-0.4, -0.2) is 40.4 Å². The molecule has 1 aromatic rings. The average Bonchev–Trinajstić information content (AvgIpc) is 2.49. The van der Waals surface area contributed by atoms with Gasteiger partial charge in [0.05, 0.1) is 18.6 Å². The highest BCUT2D eigenvalue weighted by Crippen LogP contribution is 2.22. The van der Waals surface area contributed by atoms with Crippen molar-refractivity contribution in [2.24, 2.45) is 0 Å². The summed E-state index contributed by atoms with van der Waals surface area (Å²) in [7, 11) is -2.11. The van der Waals surface area contributed by atoms with Crippen LogP contribution in [0.25, 0.3) is 0 Å². The van der Waals surface area contributed by atoms with E-state index in [2.05, 4.69) is 4.72 Å². The fraction of sp³-hybridized carbons (Fsp3) is 0.571. The first kappa shape index (κ1) is 17.9. The maximum absolute atomic E-state index is 12.1. The minimum Gasteiger partial charge on any atom is -0.496 e. The van der Waals surface area contributed by atoms with Crippen LogP contribution in [0, 0.1) is 0 Å². The maximum Gasteiger partial charge on any atom is 0.240 e. The molecule has 0 saturated heterocycles. The van der Waals surface area contributed by atoms with Crippen LogP contribution < -0.4 is 9.46 Å². The molecule has 7 heteroatoms. The summed E-state index contributed by atoms with van der Waals surface area (Å²) in [5, 5.41) is 9.22. The van der Waals surface area contributed by atoms with Crippen molar-refractivity contribution in [3.05, 3.63) is 23.8 Å². The number of nitrogens with one attached hydrogen (secondary N) is 1. The van der Waals surface area contributed by atoms with E-state index in [4.69, 9.17) is 9.47 Å². The molecule has 0 fully saturated rings. The van der Waals surface area contributed by atoms with Crippen LogP contribution in [0.5, 0.6) is 5.75 Å². The van der Waals surface area contributed by atoms with Crippen LogP contribution >= 0.6 is 0 Å². The Kier molecular flexibility index (Phi) is 7.66. The molecule has 0 spiro atoms. The van der Waals surface area contributed by atoms with Gasteiger partial charge in [0, 0.05) is 25.3 Å². The number of ether oxygens (including phenoxy) is 2. The van der Waals surface area contributed by atoms with Gasteiger partial charge in [-0.3, -0.25) is 0 Å². The van der Waals surface area contributed by atoms with E-state index in [1.165, 1.54) is 25.3 Å². The summed E-state index contributed by atoms with van der Waals surface area (Å²) in [6.07, 6.45) is 1.56. The molecule has 1 aromatic carbocycles. The van der Waals surface area contributed by atoms with Crippen LogP contribution in [0.15, 0.2) is 23.1 Å². The van der Waals surface area contributed by atoms with Crippen molar-refractivity contribution < 1.29 is 23.0 Å². The molecule has 0 heterocycles. The Labute approximate surface area is 126 Å². The maximum atomic E-state index is 12.1. The Morgan fingerprint density at radius 1 is 1.29 bits per heavy atom. The molecule has 0 aliphatic carbocycles. The minimum absolute atomic E-state index is 0.113. The number of aliphatic hydroxyl groups excluding tert-OH is 1. The van der Waals surface area contributed by atoms with Crippen molar-refractivity contribution in [3.63, 3.8) is 0 Å². The lowest BCUT2D eigenvalue weighted by molar-refractivity contribution is 0.133. The number of aliphatic hydroxyl groups is 1. The molecular formula is C14H23NO5S. The molecule has 21 heavy (non-hydrogen) atoms. The molecule has 6 nitrogen and oxygen atoms in total. The molecule has 1 rings (SSSR count).